The zero-order valence-electron chi connectivity index (χ0n) is 18.3. The van der Waals surface area contributed by atoms with Gasteiger partial charge in [-0.2, -0.15) is 0 Å². The molecule has 3 rings (SSSR count). The summed E-state index contributed by atoms with van der Waals surface area (Å²) in [6.07, 6.45) is 8.24. The zero-order valence-corrected chi connectivity index (χ0v) is 19.0. The van der Waals surface area contributed by atoms with Crippen LogP contribution in [0.1, 0.15) is 42.4 Å². The minimum Gasteiger partial charge on any atom is -0.486 e. The molecule has 1 heterocycles. The van der Waals surface area contributed by atoms with Crippen LogP contribution in [-0.2, 0) is 35.3 Å². The van der Waals surface area contributed by atoms with Crippen molar-refractivity contribution in [3.63, 3.8) is 0 Å². The third kappa shape index (κ3) is 6.72. The Kier molecular flexibility index (Phi) is 8.93. The second-order valence-corrected chi connectivity index (χ2v) is 8.08. The number of aromatic nitrogens is 2. The molecule has 32 heavy (non-hydrogen) atoms. The van der Waals surface area contributed by atoms with Crippen molar-refractivity contribution in [2.75, 3.05) is 0 Å². The van der Waals surface area contributed by atoms with E-state index < -0.39 is 12.1 Å². The summed E-state index contributed by atoms with van der Waals surface area (Å²) in [6, 6.07) is 17.3. The van der Waals surface area contributed by atoms with Gasteiger partial charge in [0.1, 0.15) is 5.82 Å². The second-order valence-electron chi connectivity index (χ2n) is 7.68. The maximum absolute atomic E-state index is 11.6. The maximum atomic E-state index is 11.6. The molecule has 0 radical (unpaired) electrons. The molecular formula is C26H29ClN2O3. The van der Waals surface area contributed by atoms with Crippen LogP contribution in [0.5, 0.6) is 0 Å². The summed E-state index contributed by atoms with van der Waals surface area (Å²) in [5.74, 6) is 0.0488. The van der Waals surface area contributed by atoms with Crippen molar-refractivity contribution in [1.29, 1.82) is 0 Å². The molecule has 0 aliphatic rings. The Bertz CT molecular complexity index is 1030. The van der Waals surface area contributed by atoms with Crippen molar-refractivity contribution in [3.8, 4) is 0 Å². The molecule has 2 aromatic carbocycles. The van der Waals surface area contributed by atoms with E-state index in [1.807, 2.05) is 66.9 Å². The van der Waals surface area contributed by atoms with Gasteiger partial charge in [-0.3, -0.25) is 0 Å². The lowest BCUT2D eigenvalue weighted by atomic mass is 10.1. The third-order valence-electron chi connectivity index (χ3n) is 5.27. The number of hydrogen-bond donors (Lipinski definition) is 1. The number of carboxylic acids is 1. The third-order valence-corrected chi connectivity index (χ3v) is 5.64. The quantitative estimate of drug-likeness (QED) is 0.358. The summed E-state index contributed by atoms with van der Waals surface area (Å²) >= 11 is 6.38. The first-order valence-electron chi connectivity index (χ1n) is 10.9. The molecule has 0 saturated heterocycles. The van der Waals surface area contributed by atoms with E-state index in [0.29, 0.717) is 19.4 Å². The first-order chi connectivity index (χ1) is 15.6. The Balaban J connectivity index is 1.69. The van der Waals surface area contributed by atoms with Crippen LogP contribution >= 0.6 is 11.6 Å². The summed E-state index contributed by atoms with van der Waals surface area (Å²) in [5, 5.41) is 10.2. The minimum atomic E-state index is -0.982. The van der Waals surface area contributed by atoms with E-state index in [0.717, 1.165) is 46.9 Å². The fraction of sp³-hybridized carbons (Fsp3) is 0.308. The van der Waals surface area contributed by atoms with Crippen molar-refractivity contribution >= 4 is 17.6 Å². The summed E-state index contributed by atoms with van der Waals surface area (Å²) in [5.41, 5.74) is 3.00. The highest BCUT2D eigenvalue weighted by Crippen LogP contribution is 2.19. The van der Waals surface area contributed by atoms with Gasteiger partial charge in [0.25, 0.3) is 0 Å². The van der Waals surface area contributed by atoms with Crippen LogP contribution in [0, 0.1) is 0 Å². The topological polar surface area (TPSA) is 64.3 Å². The number of hydrogen-bond acceptors (Lipinski definition) is 3. The number of rotatable bonds is 12. The van der Waals surface area contributed by atoms with Crippen LogP contribution in [0.2, 0.25) is 5.02 Å². The summed E-state index contributed by atoms with van der Waals surface area (Å²) in [6.45, 7) is 2.81. The predicted molar refractivity (Wildman–Crippen MR) is 127 cm³/mol. The number of allylic oxidation sites excluding steroid dienone is 1. The molecule has 3 aromatic rings. The van der Waals surface area contributed by atoms with E-state index in [4.69, 9.17) is 16.3 Å². The number of carbonyl (C=O) groups is 1. The van der Waals surface area contributed by atoms with Gasteiger partial charge in [-0.1, -0.05) is 73.5 Å². The SMILES string of the molecule is CCCCc1ncc(C/C=C/OC(Cc2ccccc2)C(=O)O)n1Cc1ccccc1Cl. The van der Waals surface area contributed by atoms with E-state index in [2.05, 4.69) is 16.5 Å². The van der Waals surface area contributed by atoms with Gasteiger partial charge in [-0.05, 0) is 29.7 Å². The van der Waals surface area contributed by atoms with Crippen molar-refractivity contribution in [1.82, 2.24) is 9.55 Å². The Morgan fingerprint density at radius 1 is 1.19 bits per heavy atom. The zero-order chi connectivity index (χ0) is 22.8. The largest absolute Gasteiger partial charge is 0.486 e. The average molecular weight is 453 g/mol. The highest BCUT2D eigenvalue weighted by atomic mass is 35.5. The number of halogens is 1. The molecule has 5 nitrogen and oxygen atoms in total. The first kappa shape index (κ1) is 23.6. The molecule has 0 bridgehead atoms. The normalized spacial score (nSPS) is 12.2. The lowest BCUT2D eigenvalue weighted by Crippen LogP contribution is -2.24. The Morgan fingerprint density at radius 3 is 2.66 bits per heavy atom. The van der Waals surface area contributed by atoms with Crippen LogP contribution in [0.4, 0.5) is 0 Å². The van der Waals surface area contributed by atoms with E-state index in [1.165, 1.54) is 6.26 Å². The number of carboxylic acid groups (broad SMARTS) is 1. The van der Waals surface area contributed by atoms with E-state index in [1.54, 1.807) is 0 Å². The average Bonchev–Trinajstić information content (AvgIpc) is 3.17. The molecule has 0 spiro atoms. The molecule has 0 saturated carbocycles. The van der Waals surface area contributed by atoms with Gasteiger partial charge in [0.05, 0.1) is 12.8 Å². The van der Waals surface area contributed by atoms with Crippen molar-refractivity contribution in [2.45, 2.75) is 51.7 Å². The fourth-order valence-corrected chi connectivity index (χ4v) is 3.68. The van der Waals surface area contributed by atoms with Crippen molar-refractivity contribution in [2.24, 2.45) is 0 Å². The molecule has 0 amide bonds. The van der Waals surface area contributed by atoms with Crippen molar-refractivity contribution < 1.29 is 14.6 Å². The standard InChI is InChI=1S/C26H29ClN2O3/c1-2-3-15-25-28-18-22(29(25)19-21-12-7-8-14-23(21)27)13-9-16-32-24(26(30)31)17-20-10-5-4-6-11-20/h4-12,14,16,18,24H,2-3,13,15,17,19H2,1H3,(H,30,31)/b16-9+. The molecule has 1 aromatic heterocycles. The highest BCUT2D eigenvalue weighted by molar-refractivity contribution is 6.31. The lowest BCUT2D eigenvalue weighted by Gasteiger charge is -2.13. The van der Waals surface area contributed by atoms with E-state index >= 15 is 0 Å². The van der Waals surface area contributed by atoms with Gasteiger partial charge < -0.3 is 14.4 Å². The second kappa shape index (κ2) is 12.1. The summed E-state index contributed by atoms with van der Waals surface area (Å²) in [7, 11) is 0. The van der Waals surface area contributed by atoms with Crippen LogP contribution < -0.4 is 0 Å². The molecule has 0 fully saturated rings. The van der Waals surface area contributed by atoms with Gasteiger partial charge in [-0.15, -0.1) is 0 Å². The van der Waals surface area contributed by atoms with Crippen LogP contribution in [0.15, 0.2) is 73.1 Å². The number of aliphatic carboxylic acids is 1. The molecule has 1 N–H and O–H groups in total. The maximum Gasteiger partial charge on any atom is 0.345 e. The first-order valence-corrected chi connectivity index (χ1v) is 11.3. The van der Waals surface area contributed by atoms with Gasteiger partial charge in [0.15, 0.2) is 6.10 Å². The van der Waals surface area contributed by atoms with E-state index in [9.17, 15) is 9.90 Å². The van der Waals surface area contributed by atoms with Gasteiger partial charge in [-0.25, -0.2) is 9.78 Å². The van der Waals surface area contributed by atoms with Gasteiger partial charge >= 0.3 is 5.97 Å². The van der Waals surface area contributed by atoms with E-state index in [-0.39, 0.29) is 0 Å². The molecule has 1 unspecified atom stereocenters. The molecule has 168 valence electrons. The Hall–Kier alpha value is -3.05. The minimum absolute atomic E-state index is 0.312. The molecular weight excluding hydrogens is 424 g/mol. The molecule has 6 heteroatoms. The van der Waals surface area contributed by atoms with Crippen LogP contribution in [0.3, 0.4) is 0 Å². The Morgan fingerprint density at radius 2 is 1.94 bits per heavy atom. The lowest BCUT2D eigenvalue weighted by molar-refractivity contribution is -0.146. The van der Waals surface area contributed by atoms with Crippen molar-refractivity contribution in [3.05, 3.63) is 101 Å². The number of imidazole rings is 1. The van der Waals surface area contributed by atoms with Gasteiger partial charge in [0.2, 0.25) is 0 Å². The highest BCUT2D eigenvalue weighted by Gasteiger charge is 2.18. The predicted octanol–water partition coefficient (Wildman–Crippen LogP) is 5.70. The summed E-state index contributed by atoms with van der Waals surface area (Å²) in [4.78, 5) is 16.2. The Labute approximate surface area is 194 Å². The smallest absolute Gasteiger partial charge is 0.345 e. The molecule has 0 aliphatic carbocycles. The number of ether oxygens (including phenoxy) is 1. The number of unbranched alkanes of at least 4 members (excludes halogenated alkanes) is 1. The number of benzene rings is 2. The van der Waals surface area contributed by atoms with Crippen LogP contribution in [0.25, 0.3) is 0 Å². The number of nitrogens with zero attached hydrogens (tertiary/aromatic N) is 2. The van der Waals surface area contributed by atoms with Crippen LogP contribution in [-0.4, -0.2) is 26.7 Å². The molecule has 1 atom stereocenters. The summed E-state index contributed by atoms with van der Waals surface area (Å²) < 4.78 is 7.74. The number of aryl methyl sites for hydroxylation is 1. The fourth-order valence-electron chi connectivity index (χ4n) is 3.48. The monoisotopic (exact) mass is 452 g/mol. The van der Waals surface area contributed by atoms with Gasteiger partial charge in [0, 0.05) is 36.2 Å². The molecule has 0 aliphatic heterocycles.